The van der Waals surface area contributed by atoms with Gasteiger partial charge in [0.05, 0.1) is 11.9 Å². The molecule has 41 heavy (non-hydrogen) atoms. The molecule has 1 saturated carbocycles. The molecule has 3 aliphatic rings. The number of carbonyl (C=O) groups excluding carboxylic acids is 1. The van der Waals surface area contributed by atoms with Gasteiger partial charge in [0, 0.05) is 30.6 Å². The number of alkyl carbamates (subject to hydrolysis) is 1. The SMILES string of the molecule is CC(=N)N(C(=N)C1CC2(CCNCC2)C1)C(C)CC1CCC(C)N1CCC(NC(=O)OC(C)(C)C)c1ccccc1. The Morgan fingerprint density at radius 3 is 2.44 bits per heavy atom. The van der Waals surface area contributed by atoms with Crippen LogP contribution in [0.4, 0.5) is 4.79 Å². The number of hydrogen-bond donors (Lipinski definition) is 4. The minimum Gasteiger partial charge on any atom is -0.444 e. The number of carbonyl (C=O) groups is 1. The average Bonchev–Trinajstić information content (AvgIpc) is 3.23. The lowest BCUT2D eigenvalue weighted by atomic mass is 9.57. The fourth-order valence-corrected chi connectivity index (χ4v) is 7.51. The molecule has 0 radical (unpaired) electrons. The van der Waals surface area contributed by atoms with Gasteiger partial charge in [0.25, 0.3) is 0 Å². The third-order valence-corrected chi connectivity index (χ3v) is 9.61. The summed E-state index contributed by atoms with van der Waals surface area (Å²) < 4.78 is 5.59. The summed E-state index contributed by atoms with van der Waals surface area (Å²) in [6.45, 7) is 15.1. The molecule has 3 fully saturated rings. The topological polar surface area (TPSA) is 105 Å². The maximum atomic E-state index is 12.7. The van der Waals surface area contributed by atoms with E-state index in [0.29, 0.717) is 29.2 Å². The monoisotopic (exact) mass is 566 g/mol. The van der Waals surface area contributed by atoms with Gasteiger partial charge < -0.3 is 20.3 Å². The number of hydrogen-bond acceptors (Lipinski definition) is 6. The van der Waals surface area contributed by atoms with Gasteiger partial charge in [0.1, 0.15) is 11.4 Å². The van der Waals surface area contributed by atoms with Gasteiger partial charge in [0.2, 0.25) is 0 Å². The normalized spacial score (nSPS) is 24.3. The minimum atomic E-state index is -0.545. The maximum absolute atomic E-state index is 12.7. The zero-order chi connectivity index (χ0) is 29.8. The van der Waals surface area contributed by atoms with Gasteiger partial charge in [-0.1, -0.05) is 30.3 Å². The number of nitrogens with zero attached hydrogens (tertiary/aromatic N) is 2. The lowest BCUT2D eigenvalue weighted by Gasteiger charge is -2.52. The van der Waals surface area contributed by atoms with E-state index in [1.165, 1.54) is 12.8 Å². The molecule has 0 aromatic heterocycles. The summed E-state index contributed by atoms with van der Waals surface area (Å²) in [5.74, 6) is 1.41. The molecule has 1 aromatic rings. The lowest BCUT2D eigenvalue weighted by Crippen LogP contribution is -2.54. The van der Waals surface area contributed by atoms with Gasteiger partial charge in [-0.2, -0.15) is 0 Å². The van der Waals surface area contributed by atoms with Crippen LogP contribution in [-0.2, 0) is 4.74 Å². The largest absolute Gasteiger partial charge is 0.444 e. The summed E-state index contributed by atoms with van der Waals surface area (Å²) in [7, 11) is 0. The zero-order valence-corrected chi connectivity index (χ0v) is 26.3. The lowest BCUT2D eigenvalue weighted by molar-refractivity contribution is 0.0483. The van der Waals surface area contributed by atoms with E-state index >= 15 is 0 Å². The predicted molar refractivity (Wildman–Crippen MR) is 167 cm³/mol. The van der Waals surface area contributed by atoms with Crippen molar-refractivity contribution in [1.82, 2.24) is 20.4 Å². The van der Waals surface area contributed by atoms with Crippen molar-refractivity contribution >= 4 is 17.8 Å². The molecule has 0 bridgehead atoms. The van der Waals surface area contributed by atoms with E-state index in [9.17, 15) is 4.79 Å². The first-order valence-electron chi connectivity index (χ1n) is 15.8. The fraction of sp³-hybridized carbons (Fsp3) is 0.727. The molecule has 4 atom stereocenters. The second-order valence-electron chi connectivity index (χ2n) is 14.0. The highest BCUT2D eigenvalue weighted by molar-refractivity contribution is 5.98. The number of likely N-dealkylation sites (tertiary alicyclic amines) is 1. The van der Waals surface area contributed by atoms with E-state index < -0.39 is 5.60 Å². The molecule has 8 heteroatoms. The number of nitrogens with one attached hydrogen (secondary N) is 4. The van der Waals surface area contributed by atoms with Crippen LogP contribution in [-0.4, -0.2) is 70.9 Å². The quantitative estimate of drug-likeness (QED) is 0.207. The van der Waals surface area contributed by atoms with Crippen LogP contribution in [0.5, 0.6) is 0 Å². The number of ether oxygens (including phenoxy) is 1. The van der Waals surface area contributed by atoms with Crippen LogP contribution in [0, 0.1) is 22.2 Å². The van der Waals surface area contributed by atoms with Crippen LogP contribution >= 0.6 is 0 Å². The van der Waals surface area contributed by atoms with Crippen molar-refractivity contribution < 1.29 is 9.53 Å². The van der Waals surface area contributed by atoms with Crippen molar-refractivity contribution in [2.24, 2.45) is 11.3 Å². The molecule has 2 heterocycles. The molecule has 4 rings (SSSR count). The van der Waals surface area contributed by atoms with Gasteiger partial charge in [-0.25, -0.2) is 4.79 Å². The number of benzene rings is 1. The van der Waals surface area contributed by atoms with Crippen LogP contribution in [0.2, 0.25) is 0 Å². The van der Waals surface area contributed by atoms with Crippen molar-refractivity contribution in [2.45, 2.75) is 123 Å². The zero-order valence-electron chi connectivity index (χ0n) is 26.3. The second-order valence-corrected chi connectivity index (χ2v) is 14.0. The molecule has 8 nitrogen and oxygen atoms in total. The van der Waals surface area contributed by atoms with Crippen molar-refractivity contribution in [1.29, 1.82) is 10.8 Å². The summed E-state index contributed by atoms with van der Waals surface area (Å²) in [6.07, 6.45) is 8.25. The summed E-state index contributed by atoms with van der Waals surface area (Å²) in [4.78, 5) is 17.3. The summed E-state index contributed by atoms with van der Waals surface area (Å²) in [5.41, 5.74) is 0.963. The molecule has 4 N–H and O–H groups in total. The Labute approximate surface area is 248 Å². The number of amides is 1. The number of piperidine rings is 1. The van der Waals surface area contributed by atoms with Crippen LogP contribution in [0.3, 0.4) is 0 Å². The first-order chi connectivity index (χ1) is 19.4. The summed E-state index contributed by atoms with van der Waals surface area (Å²) >= 11 is 0. The van der Waals surface area contributed by atoms with Crippen molar-refractivity contribution in [2.75, 3.05) is 19.6 Å². The first kappa shape index (κ1) is 31.5. The van der Waals surface area contributed by atoms with Crippen molar-refractivity contribution in [3.8, 4) is 0 Å². The highest BCUT2D eigenvalue weighted by Crippen LogP contribution is 2.52. The maximum Gasteiger partial charge on any atom is 0.408 e. The molecule has 4 unspecified atom stereocenters. The Kier molecular flexibility index (Phi) is 10.2. The predicted octanol–water partition coefficient (Wildman–Crippen LogP) is 6.33. The van der Waals surface area contributed by atoms with E-state index in [0.717, 1.165) is 63.7 Å². The number of amidine groups is 2. The molecule has 2 saturated heterocycles. The van der Waals surface area contributed by atoms with E-state index in [-0.39, 0.29) is 24.1 Å². The molecule has 1 aliphatic carbocycles. The van der Waals surface area contributed by atoms with E-state index in [2.05, 4.69) is 41.5 Å². The van der Waals surface area contributed by atoms with E-state index in [1.807, 2.05) is 50.8 Å². The van der Waals surface area contributed by atoms with E-state index in [1.54, 1.807) is 0 Å². The molecule has 228 valence electrons. The molecule has 1 aromatic carbocycles. The van der Waals surface area contributed by atoms with Crippen LogP contribution in [0.15, 0.2) is 30.3 Å². The average molecular weight is 567 g/mol. The molecule has 1 spiro atoms. The van der Waals surface area contributed by atoms with Crippen molar-refractivity contribution in [3.05, 3.63) is 35.9 Å². The third kappa shape index (κ3) is 8.10. The highest BCUT2D eigenvalue weighted by Gasteiger charge is 2.47. The summed E-state index contributed by atoms with van der Waals surface area (Å²) in [5, 5.41) is 24.3. The molecule has 1 amide bonds. The smallest absolute Gasteiger partial charge is 0.408 e. The standard InChI is InChI=1S/C33H54N6O2/c1-23-12-13-28(20-24(2)39(25(3)34)30(35)27-21-33(22-27)15-17-36-18-16-33)38(23)19-14-29(26-10-8-7-9-11-26)37-31(40)41-32(4,5)6/h7-11,23-24,27-29,34-36H,12-22H2,1-6H3,(H,37,40). The Morgan fingerprint density at radius 2 is 1.83 bits per heavy atom. The molecular weight excluding hydrogens is 512 g/mol. The minimum absolute atomic E-state index is 0.104. The Morgan fingerprint density at radius 1 is 1.17 bits per heavy atom. The summed E-state index contributed by atoms with van der Waals surface area (Å²) in [6, 6.07) is 11.0. The fourth-order valence-electron chi connectivity index (χ4n) is 7.51. The van der Waals surface area contributed by atoms with Gasteiger partial charge in [-0.05, 0) is 117 Å². The van der Waals surface area contributed by atoms with Gasteiger partial charge in [0.15, 0.2) is 0 Å². The van der Waals surface area contributed by atoms with Gasteiger partial charge in [-0.3, -0.25) is 15.7 Å². The Balaban J connectivity index is 1.38. The van der Waals surface area contributed by atoms with Crippen LogP contribution < -0.4 is 10.6 Å². The first-order valence-corrected chi connectivity index (χ1v) is 15.8. The molecular formula is C33H54N6O2. The van der Waals surface area contributed by atoms with Gasteiger partial charge >= 0.3 is 6.09 Å². The highest BCUT2D eigenvalue weighted by atomic mass is 16.6. The van der Waals surface area contributed by atoms with E-state index in [4.69, 9.17) is 15.6 Å². The van der Waals surface area contributed by atoms with Crippen LogP contribution in [0.1, 0.15) is 105 Å². The molecule has 2 aliphatic heterocycles. The Hall–Kier alpha value is -2.45. The van der Waals surface area contributed by atoms with Crippen LogP contribution in [0.25, 0.3) is 0 Å². The third-order valence-electron chi connectivity index (χ3n) is 9.61. The van der Waals surface area contributed by atoms with Crippen molar-refractivity contribution in [3.63, 3.8) is 0 Å². The number of rotatable bonds is 9. The second kappa shape index (κ2) is 13.2. The Bertz CT molecular complexity index is 1040. The van der Waals surface area contributed by atoms with Gasteiger partial charge in [-0.15, -0.1) is 0 Å².